The molecule has 0 radical (unpaired) electrons. The second-order valence-corrected chi connectivity index (χ2v) is 4.22. The van der Waals surface area contributed by atoms with Gasteiger partial charge in [0.05, 0.1) is 0 Å². The topological polar surface area (TPSA) is 41.0 Å². The summed E-state index contributed by atoms with van der Waals surface area (Å²) in [6.07, 6.45) is 2.99. The summed E-state index contributed by atoms with van der Waals surface area (Å²) in [5, 5.41) is 3.51. The number of hydrogen-bond acceptors (Lipinski definition) is 4. The minimum atomic E-state index is 0.684. The molecule has 2 atom stereocenters. The molecule has 0 saturated carbocycles. The number of fused-ring (bicyclic) bond motifs is 2. The number of nitrogens with one attached hydrogen (secondary N) is 1. The molecule has 0 spiro atoms. The van der Waals surface area contributed by atoms with E-state index in [9.17, 15) is 0 Å². The Hall–Kier alpha value is -1.16. The van der Waals surface area contributed by atoms with E-state index < -0.39 is 0 Å². The number of nitrogens with zero attached hydrogens (tertiary/aromatic N) is 3. The van der Waals surface area contributed by atoms with E-state index in [0.717, 1.165) is 24.6 Å². The van der Waals surface area contributed by atoms with Crippen LogP contribution in [-0.2, 0) is 0 Å². The normalized spacial score (nSPS) is 29.9. The molecule has 4 nitrogen and oxygen atoms in total. The number of piperidine rings is 1. The molecule has 0 aromatic carbocycles. The quantitative estimate of drug-likeness (QED) is 0.693. The molecule has 4 heteroatoms. The number of hydrogen-bond donors (Lipinski definition) is 1. The van der Waals surface area contributed by atoms with Crippen LogP contribution in [0.2, 0.25) is 0 Å². The van der Waals surface area contributed by atoms with Crippen molar-refractivity contribution in [3.63, 3.8) is 0 Å². The van der Waals surface area contributed by atoms with Crippen molar-refractivity contribution in [3.05, 3.63) is 18.1 Å². The van der Waals surface area contributed by atoms with Crippen molar-refractivity contribution in [1.82, 2.24) is 15.3 Å². The van der Waals surface area contributed by atoms with Crippen molar-refractivity contribution in [1.29, 1.82) is 0 Å². The van der Waals surface area contributed by atoms with Gasteiger partial charge in [-0.15, -0.1) is 0 Å². The standard InChI is InChI=1S/C10H14N4/c1-7-2-10(12-6-11-7)14-4-8-3-9(5-14)13-8/h2,6,8-9,13H,3-5H2,1H3. The van der Waals surface area contributed by atoms with Gasteiger partial charge >= 0.3 is 0 Å². The van der Waals surface area contributed by atoms with Crippen molar-refractivity contribution < 1.29 is 0 Å². The first-order valence-corrected chi connectivity index (χ1v) is 5.11. The van der Waals surface area contributed by atoms with Crippen LogP contribution in [0.5, 0.6) is 0 Å². The molecule has 0 aliphatic carbocycles. The number of aromatic nitrogens is 2. The zero-order valence-corrected chi connectivity index (χ0v) is 8.27. The van der Waals surface area contributed by atoms with E-state index in [1.54, 1.807) is 6.33 Å². The summed E-state index contributed by atoms with van der Waals surface area (Å²) in [4.78, 5) is 10.8. The Bertz CT molecular complexity index is 336. The number of aryl methyl sites for hydroxylation is 1. The molecule has 3 aliphatic heterocycles. The Kier molecular flexibility index (Phi) is 1.70. The highest BCUT2D eigenvalue weighted by molar-refractivity contribution is 5.41. The molecule has 4 rings (SSSR count). The average molecular weight is 190 g/mol. The van der Waals surface area contributed by atoms with E-state index in [4.69, 9.17) is 0 Å². The summed E-state index contributed by atoms with van der Waals surface area (Å²) in [7, 11) is 0. The van der Waals surface area contributed by atoms with Crippen LogP contribution in [0.15, 0.2) is 12.4 Å². The molecular formula is C10H14N4. The Labute approximate surface area is 83.4 Å². The van der Waals surface area contributed by atoms with Crippen LogP contribution >= 0.6 is 0 Å². The van der Waals surface area contributed by atoms with E-state index in [2.05, 4.69) is 26.3 Å². The van der Waals surface area contributed by atoms with Gasteiger partial charge in [-0.2, -0.15) is 0 Å². The van der Waals surface area contributed by atoms with Gasteiger partial charge < -0.3 is 10.2 Å². The maximum Gasteiger partial charge on any atom is 0.132 e. The molecular weight excluding hydrogens is 176 g/mol. The van der Waals surface area contributed by atoms with Gasteiger partial charge in [-0.1, -0.05) is 0 Å². The molecule has 4 heterocycles. The molecule has 74 valence electrons. The highest BCUT2D eigenvalue weighted by Crippen LogP contribution is 2.24. The van der Waals surface area contributed by atoms with Crippen molar-refractivity contribution in [3.8, 4) is 0 Å². The van der Waals surface area contributed by atoms with Crippen LogP contribution in [0.25, 0.3) is 0 Å². The second kappa shape index (κ2) is 2.92. The van der Waals surface area contributed by atoms with Crippen LogP contribution in [0.1, 0.15) is 12.1 Å². The summed E-state index contributed by atoms with van der Waals surface area (Å²) in [5.74, 6) is 1.08. The lowest BCUT2D eigenvalue weighted by Crippen LogP contribution is -2.67. The molecule has 2 bridgehead atoms. The van der Waals surface area contributed by atoms with E-state index in [1.807, 2.05) is 6.92 Å². The Morgan fingerprint density at radius 1 is 1.36 bits per heavy atom. The van der Waals surface area contributed by atoms with Crippen molar-refractivity contribution >= 4 is 5.82 Å². The van der Waals surface area contributed by atoms with Gasteiger partial charge in [0.15, 0.2) is 0 Å². The van der Waals surface area contributed by atoms with E-state index >= 15 is 0 Å². The third-order valence-corrected chi connectivity index (χ3v) is 3.04. The smallest absolute Gasteiger partial charge is 0.132 e. The minimum absolute atomic E-state index is 0.684. The summed E-state index contributed by atoms with van der Waals surface area (Å²) in [5.41, 5.74) is 1.04. The summed E-state index contributed by atoms with van der Waals surface area (Å²) >= 11 is 0. The first kappa shape index (κ1) is 8.17. The van der Waals surface area contributed by atoms with Crippen LogP contribution in [0.4, 0.5) is 5.82 Å². The fourth-order valence-corrected chi connectivity index (χ4v) is 2.31. The van der Waals surface area contributed by atoms with E-state index in [-0.39, 0.29) is 0 Å². The fraction of sp³-hybridized carbons (Fsp3) is 0.600. The number of rotatable bonds is 1. The lowest BCUT2D eigenvalue weighted by molar-refractivity contribution is 0.225. The van der Waals surface area contributed by atoms with Crippen LogP contribution < -0.4 is 10.2 Å². The summed E-state index contributed by atoms with van der Waals surface area (Å²) in [6, 6.07) is 3.43. The fourth-order valence-electron chi connectivity index (χ4n) is 2.31. The maximum atomic E-state index is 4.31. The van der Waals surface area contributed by atoms with Gasteiger partial charge in [-0.25, -0.2) is 9.97 Å². The van der Waals surface area contributed by atoms with Crippen molar-refractivity contribution in [2.75, 3.05) is 18.0 Å². The van der Waals surface area contributed by atoms with Crippen molar-refractivity contribution in [2.45, 2.75) is 25.4 Å². The third-order valence-electron chi connectivity index (χ3n) is 3.04. The zero-order valence-electron chi connectivity index (χ0n) is 8.27. The predicted octanol–water partition coefficient (Wildman–Crippen LogP) is 0.336. The number of anilines is 1. The molecule has 1 aromatic heterocycles. The predicted molar refractivity (Wildman–Crippen MR) is 54.3 cm³/mol. The zero-order chi connectivity index (χ0) is 9.54. The second-order valence-electron chi connectivity index (χ2n) is 4.22. The molecule has 1 aromatic rings. The molecule has 3 aliphatic rings. The molecule has 2 unspecified atom stereocenters. The third kappa shape index (κ3) is 1.26. The molecule has 0 amide bonds. The molecule has 3 saturated heterocycles. The van der Waals surface area contributed by atoms with Crippen LogP contribution in [0.3, 0.4) is 0 Å². The lowest BCUT2D eigenvalue weighted by atomic mass is 9.91. The molecule has 14 heavy (non-hydrogen) atoms. The molecule has 1 N–H and O–H groups in total. The Balaban J connectivity index is 1.82. The summed E-state index contributed by atoms with van der Waals surface area (Å²) in [6.45, 7) is 4.19. The monoisotopic (exact) mass is 190 g/mol. The lowest BCUT2D eigenvalue weighted by Gasteiger charge is -2.48. The first-order chi connectivity index (χ1) is 6.81. The van der Waals surface area contributed by atoms with Crippen LogP contribution in [-0.4, -0.2) is 35.1 Å². The first-order valence-electron chi connectivity index (χ1n) is 5.11. The van der Waals surface area contributed by atoms with Crippen LogP contribution in [0, 0.1) is 6.92 Å². The average Bonchev–Trinajstić information content (AvgIpc) is 2.17. The van der Waals surface area contributed by atoms with Gasteiger partial charge in [0.2, 0.25) is 0 Å². The van der Waals surface area contributed by atoms with Gasteiger partial charge in [-0.05, 0) is 13.3 Å². The SMILES string of the molecule is Cc1cc(N2CC3CC(C2)N3)ncn1. The van der Waals surface area contributed by atoms with Gasteiger partial charge in [0, 0.05) is 36.9 Å². The van der Waals surface area contributed by atoms with Crippen molar-refractivity contribution in [2.24, 2.45) is 0 Å². The largest absolute Gasteiger partial charge is 0.353 e. The molecule has 3 fully saturated rings. The van der Waals surface area contributed by atoms with E-state index in [1.165, 1.54) is 6.42 Å². The highest BCUT2D eigenvalue weighted by atomic mass is 15.3. The maximum absolute atomic E-state index is 4.31. The van der Waals surface area contributed by atoms with Gasteiger partial charge in [-0.3, -0.25) is 0 Å². The van der Waals surface area contributed by atoms with Gasteiger partial charge in [0.25, 0.3) is 0 Å². The summed E-state index contributed by atoms with van der Waals surface area (Å²) < 4.78 is 0. The van der Waals surface area contributed by atoms with Gasteiger partial charge in [0.1, 0.15) is 12.1 Å². The van der Waals surface area contributed by atoms with E-state index in [0.29, 0.717) is 12.1 Å². The highest BCUT2D eigenvalue weighted by Gasteiger charge is 2.36. The Morgan fingerprint density at radius 2 is 2.07 bits per heavy atom. The minimum Gasteiger partial charge on any atom is -0.353 e. The Morgan fingerprint density at radius 3 is 2.71 bits per heavy atom. The number of piperazine rings is 1.